The molecule has 0 heterocycles. The molecule has 8 heteroatoms. The van der Waals surface area contributed by atoms with Gasteiger partial charge in [-0.05, 0) is 62.6 Å². The van der Waals surface area contributed by atoms with Gasteiger partial charge in [0.25, 0.3) is 0 Å². The van der Waals surface area contributed by atoms with E-state index in [0.29, 0.717) is 38.5 Å². The third-order valence-corrected chi connectivity index (χ3v) is 6.75. The Kier molecular flexibility index (Phi) is 6.16. The van der Waals surface area contributed by atoms with E-state index in [1.165, 1.54) is 0 Å². The Hall–Kier alpha value is -1.93. The summed E-state index contributed by atoms with van der Waals surface area (Å²) < 4.78 is 26.9. The van der Waals surface area contributed by atoms with Crippen molar-refractivity contribution in [2.45, 2.75) is 68.3 Å². The number of nitrogens with one attached hydrogen (secondary N) is 2. The minimum atomic E-state index is -3.45. The SMILES string of the molecule is O=C(CCc1ccc(S(=O)(=O)NC2CC2)cc1)NC1CCC(C(=O)O)CC1. The number of carboxylic acid groups (broad SMARTS) is 1. The molecule has 148 valence electrons. The third kappa shape index (κ3) is 5.77. The van der Waals surface area contributed by atoms with Gasteiger partial charge in [-0.3, -0.25) is 9.59 Å². The van der Waals surface area contributed by atoms with Crippen LogP contribution in [-0.4, -0.2) is 37.5 Å². The van der Waals surface area contributed by atoms with E-state index in [1.54, 1.807) is 24.3 Å². The van der Waals surface area contributed by atoms with E-state index in [1.807, 2.05) is 0 Å². The van der Waals surface area contributed by atoms with Crippen molar-refractivity contribution in [1.29, 1.82) is 0 Å². The van der Waals surface area contributed by atoms with Crippen molar-refractivity contribution in [3.8, 4) is 0 Å². The molecule has 27 heavy (non-hydrogen) atoms. The maximum Gasteiger partial charge on any atom is 0.306 e. The van der Waals surface area contributed by atoms with Crippen molar-refractivity contribution in [2.75, 3.05) is 0 Å². The molecule has 2 saturated carbocycles. The molecule has 1 aromatic rings. The summed E-state index contributed by atoms with van der Waals surface area (Å²) in [5.41, 5.74) is 0.908. The average Bonchev–Trinajstić information content (AvgIpc) is 3.44. The van der Waals surface area contributed by atoms with Crippen molar-refractivity contribution in [1.82, 2.24) is 10.0 Å². The van der Waals surface area contributed by atoms with Crippen LogP contribution in [0.25, 0.3) is 0 Å². The van der Waals surface area contributed by atoms with Crippen LogP contribution in [0.15, 0.2) is 29.2 Å². The lowest BCUT2D eigenvalue weighted by Gasteiger charge is -2.26. The molecule has 0 saturated heterocycles. The fraction of sp³-hybridized carbons (Fsp3) is 0.579. The Bertz CT molecular complexity index is 779. The Morgan fingerprint density at radius 3 is 2.11 bits per heavy atom. The zero-order chi connectivity index (χ0) is 19.4. The number of aryl methyl sites for hydroxylation is 1. The molecule has 0 unspecified atom stereocenters. The lowest BCUT2D eigenvalue weighted by molar-refractivity contribution is -0.142. The zero-order valence-corrected chi connectivity index (χ0v) is 16.0. The van der Waals surface area contributed by atoms with Crippen LogP contribution in [0.4, 0.5) is 0 Å². The molecule has 0 radical (unpaired) electrons. The number of sulfonamides is 1. The summed E-state index contributed by atoms with van der Waals surface area (Å²) in [5, 5.41) is 12.0. The molecule has 0 aliphatic heterocycles. The molecule has 2 aliphatic carbocycles. The lowest BCUT2D eigenvalue weighted by atomic mass is 9.86. The zero-order valence-electron chi connectivity index (χ0n) is 15.2. The molecule has 0 atom stereocenters. The van der Waals surface area contributed by atoms with Crippen LogP contribution in [0, 0.1) is 5.92 Å². The Morgan fingerprint density at radius 2 is 1.56 bits per heavy atom. The second-order valence-corrected chi connectivity index (χ2v) is 9.21. The number of rotatable bonds is 8. The minimum absolute atomic E-state index is 0.0501. The van der Waals surface area contributed by atoms with Crippen LogP contribution in [0.1, 0.15) is 50.5 Å². The van der Waals surface area contributed by atoms with Crippen molar-refractivity contribution in [3.63, 3.8) is 0 Å². The first-order valence-electron chi connectivity index (χ1n) is 9.47. The Labute approximate surface area is 159 Å². The van der Waals surface area contributed by atoms with Crippen molar-refractivity contribution >= 4 is 21.9 Å². The van der Waals surface area contributed by atoms with Crippen LogP contribution in [0.5, 0.6) is 0 Å². The molecule has 3 N–H and O–H groups in total. The summed E-state index contributed by atoms with van der Waals surface area (Å²) in [5.74, 6) is -1.10. The van der Waals surface area contributed by atoms with Crippen molar-refractivity contribution in [2.24, 2.45) is 5.92 Å². The monoisotopic (exact) mass is 394 g/mol. The number of hydrogen-bond donors (Lipinski definition) is 3. The highest BCUT2D eigenvalue weighted by molar-refractivity contribution is 7.89. The fourth-order valence-corrected chi connectivity index (χ4v) is 4.67. The molecular weight excluding hydrogens is 368 g/mol. The molecule has 1 amide bonds. The number of carboxylic acids is 1. The average molecular weight is 394 g/mol. The van der Waals surface area contributed by atoms with Gasteiger partial charge in [0, 0.05) is 18.5 Å². The van der Waals surface area contributed by atoms with Crippen molar-refractivity contribution in [3.05, 3.63) is 29.8 Å². The van der Waals surface area contributed by atoms with Gasteiger partial charge in [0.15, 0.2) is 0 Å². The van der Waals surface area contributed by atoms with Gasteiger partial charge >= 0.3 is 5.97 Å². The third-order valence-electron chi connectivity index (χ3n) is 5.22. The smallest absolute Gasteiger partial charge is 0.306 e. The van der Waals surface area contributed by atoms with Crippen molar-refractivity contribution < 1.29 is 23.1 Å². The van der Waals surface area contributed by atoms with Crippen LogP contribution in [-0.2, 0) is 26.0 Å². The molecular formula is C19H26N2O5S. The quantitative estimate of drug-likeness (QED) is 0.623. The molecule has 2 fully saturated rings. The minimum Gasteiger partial charge on any atom is -0.481 e. The highest BCUT2D eigenvalue weighted by Crippen LogP contribution is 2.25. The van der Waals surface area contributed by atoms with E-state index < -0.39 is 16.0 Å². The standard InChI is InChI=1S/C19H26N2O5S/c22-18(20-15-6-4-14(5-7-15)19(23)24)12-3-13-1-10-17(11-2-13)27(25,26)21-16-8-9-16/h1-2,10-11,14-16,21H,3-9,12H2,(H,20,22)(H,23,24). The maximum atomic E-state index is 12.1. The number of hydrogen-bond acceptors (Lipinski definition) is 4. The molecule has 7 nitrogen and oxygen atoms in total. The van der Waals surface area contributed by atoms with E-state index in [4.69, 9.17) is 5.11 Å². The fourth-order valence-electron chi connectivity index (χ4n) is 3.37. The van der Waals surface area contributed by atoms with Gasteiger partial charge in [0.05, 0.1) is 10.8 Å². The van der Waals surface area contributed by atoms with Gasteiger partial charge in [-0.1, -0.05) is 12.1 Å². The highest BCUT2D eigenvalue weighted by atomic mass is 32.2. The largest absolute Gasteiger partial charge is 0.481 e. The Morgan fingerprint density at radius 1 is 0.963 bits per heavy atom. The number of carbonyl (C=O) groups excluding carboxylic acids is 1. The first kappa shape index (κ1) is 19.8. The van der Waals surface area contributed by atoms with E-state index in [-0.39, 0.29) is 28.8 Å². The molecule has 0 aromatic heterocycles. The lowest BCUT2D eigenvalue weighted by Crippen LogP contribution is -2.38. The van der Waals surface area contributed by atoms with Crippen LogP contribution in [0.2, 0.25) is 0 Å². The van der Waals surface area contributed by atoms with Gasteiger partial charge in [0.2, 0.25) is 15.9 Å². The summed E-state index contributed by atoms with van der Waals surface area (Å²) in [6, 6.07) is 6.76. The summed E-state index contributed by atoms with van der Waals surface area (Å²) in [6.45, 7) is 0. The molecule has 0 spiro atoms. The van der Waals surface area contributed by atoms with Crippen LogP contribution in [0.3, 0.4) is 0 Å². The van der Waals surface area contributed by atoms with Gasteiger partial charge in [-0.15, -0.1) is 0 Å². The highest BCUT2D eigenvalue weighted by Gasteiger charge is 2.28. The molecule has 0 bridgehead atoms. The van der Waals surface area contributed by atoms with Gasteiger partial charge in [0.1, 0.15) is 0 Å². The summed E-state index contributed by atoms with van der Waals surface area (Å²) in [6.07, 6.45) is 5.25. The summed E-state index contributed by atoms with van der Waals surface area (Å²) in [4.78, 5) is 23.3. The van der Waals surface area contributed by atoms with Crippen LogP contribution >= 0.6 is 0 Å². The van der Waals surface area contributed by atoms with Crippen LogP contribution < -0.4 is 10.0 Å². The second kappa shape index (κ2) is 8.39. The predicted octanol–water partition coefficient (Wildman–Crippen LogP) is 1.82. The van der Waals surface area contributed by atoms with E-state index in [9.17, 15) is 18.0 Å². The van der Waals surface area contributed by atoms with Gasteiger partial charge < -0.3 is 10.4 Å². The molecule has 3 rings (SSSR count). The first-order valence-corrected chi connectivity index (χ1v) is 11.0. The topological polar surface area (TPSA) is 113 Å². The first-order chi connectivity index (χ1) is 12.8. The van der Waals surface area contributed by atoms with E-state index >= 15 is 0 Å². The second-order valence-electron chi connectivity index (χ2n) is 7.49. The summed E-state index contributed by atoms with van der Waals surface area (Å²) >= 11 is 0. The number of benzene rings is 1. The van der Waals surface area contributed by atoms with E-state index in [2.05, 4.69) is 10.0 Å². The number of carbonyl (C=O) groups is 2. The molecule has 1 aromatic carbocycles. The summed E-state index contributed by atoms with van der Waals surface area (Å²) in [7, 11) is -3.45. The normalized spacial score (nSPS) is 23.0. The Balaban J connectivity index is 1.43. The number of amides is 1. The van der Waals surface area contributed by atoms with Gasteiger partial charge in [-0.25, -0.2) is 13.1 Å². The molecule has 2 aliphatic rings. The maximum absolute atomic E-state index is 12.1. The van der Waals surface area contributed by atoms with E-state index in [0.717, 1.165) is 18.4 Å². The number of aliphatic carboxylic acids is 1. The predicted molar refractivity (Wildman–Crippen MR) is 99.6 cm³/mol. The van der Waals surface area contributed by atoms with Gasteiger partial charge in [-0.2, -0.15) is 0 Å².